The summed E-state index contributed by atoms with van der Waals surface area (Å²) in [5.41, 5.74) is 2.23. The molecule has 7 heteroatoms. The van der Waals surface area contributed by atoms with E-state index in [4.69, 9.17) is 0 Å². The Morgan fingerprint density at radius 2 is 1.70 bits per heavy atom. The van der Waals surface area contributed by atoms with Crippen LogP contribution in [0.15, 0.2) is 42.7 Å². The molecule has 1 aliphatic carbocycles. The summed E-state index contributed by atoms with van der Waals surface area (Å²) in [6.07, 6.45) is 8.35. The molecule has 2 saturated heterocycles. The molecule has 1 aromatic carbocycles. The molecular weight excluding hydrogens is 376 g/mol. The third-order valence-corrected chi connectivity index (χ3v) is 7.50. The molecule has 1 aromatic heterocycles. The lowest BCUT2D eigenvalue weighted by Gasteiger charge is -2.49. The number of aromatic nitrogens is 2. The predicted molar refractivity (Wildman–Crippen MR) is 118 cm³/mol. The minimum absolute atomic E-state index is 0.0501. The third-order valence-electron chi connectivity index (χ3n) is 7.50. The van der Waals surface area contributed by atoms with Gasteiger partial charge in [0.25, 0.3) is 0 Å². The van der Waals surface area contributed by atoms with E-state index in [9.17, 15) is 5.11 Å². The Bertz CT molecular complexity index is 859. The van der Waals surface area contributed by atoms with E-state index in [0.29, 0.717) is 0 Å². The molecule has 3 fully saturated rings. The van der Waals surface area contributed by atoms with Crippen molar-refractivity contribution in [2.24, 2.45) is 0 Å². The van der Waals surface area contributed by atoms with E-state index in [1.807, 2.05) is 17.3 Å². The smallest absolute Gasteiger partial charge is 0.225 e. The van der Waals surface area contributed by atoms with Gasteiger partial charge in [0.2, 0.25) is 5.95 Å². The minimum atomic E-state index is -0.702. The zero-order chi connectivity index (χ0) is 20.8. The zero-order valence-electron chi connectivity index (χ0n) is 18.0. The summed E-state index contributed by atoms with van der Waals surface area (Å²) in [5.74, 6) is 0.789. The van der Waals surface area contributed by atoms with Gasteiger partial charge in [-0.15, -0.1) is 0 Å². The summed E-state index contributed by atoms with van der Waals surface area (Å²) < 4.78 is 0. The van der Waals surface area contributed by atoms with Crippen molar-refractivity contribution in [3.63, 3.8) is 0 Å². The fraction of sp³-hybridized carbons (Fsp3) is 0.565. The number of benzene rings is 1. The first-order chi connectivity index (χ1) is 14.5. The summed E-state index contributed by atoms with van der Waals surface area (Å²) in [4.78, 5) is 15.6. The van der Waals surface area contributed by atoms with Gasteiger partial charge in [0.1, 0.15) is 0 Å². The fourth-order valence-electron chi connectivity index (χ4n) is 5.37. The lowest BCUT2D eigenvalue weighted by molar-refractivity contribution is 0.0513. The van der Waals surface area contributed by atoms with Crippen LogP contribution < -0.4 is 15.1 Å². The van der Waals surface area contributed by atoms with E-state index in [-0.39, 0.29) is 11.1 Å². The molecule has 160 valence electrons. The Morgan fingerprint density at radius 1 is 1.03 bits per heavy atom. The molecule has 0 radical (unpaired) electrons. The summed E-state index contributed by atoms with van der Waals surface area (Å²) in [7, 11) is 4.37. The van der Waals surface area contributed by atoms with E-state index < -0.39 is 6.35 Å². The Hall–Kier alpha value is -2.22. The molecule has 0 bridgehead atoms. The molecule has 3 heterocycles. The highest BCUT2D eigenvalue weighted by Gasteiger charge is 2.50. The highest BCUT2D eigenvalue weighted by atomic mass is 16.3. The average molecular weight is 409 g/mol. The monoisotopic (exact) mass is 408 g/mol. The molecule has 1 unspecified atom stereocenters. The van der Waals surface area contributed by atoms with Crippen molar-refractivity contribution in [3.05, 3.63) is 48.3 Å². The van der Waals surface area contributed by atoms with Crippen LogP contribution in [-0.4, -0.2) is 65.6 Å². The maximum atomic E-state index is 10.8. The summed E-state index contributed by atoms with van der Waals surface area (Å²) in [5, 5.41) is 14.3. The quantitative estimate of drug-likeness (QED) is 0.803. The van der Waals surface area contributed by atoms with Gasteiger partial charge in [-0.1, -0.05) is 30.3 Å². The maximum Gasteiger partial charge on any atom is 0.225 e. The summed E-state index contributed by atoms with van der Waals surface area (Å²) >= 11 is 0. The Labute approximate surface area is 178 Å². The highest BCUT2D eigenvalue weighted by molar-refractivity contribution is 5.48. The van der Waals surface area contributed by atoms with Crippen LogP contribution in [0.4, 0.5) is 11.6 Å². The molecule has 1 spiro atoms. The molecule has 30 heavy (non-hydrogen) atoms. The normalized spacial score (nSPS) is 31.4. The van der Waals surface area contributed by atoms with Crippen LogP contribution in [0.2, 0.25) is 0 Å². The summed E-state index contributed by atoms with van der Waals surface area (Å²) in [6.45, 7) is 2.84. The number of hydrogen-bond donors (Lipinski definition) is 2. The van der Waals surface area contributed by atoms with Gasteiger partial charge in [0.15, 0.2) is 6.35 Å². The molecule has 3 aliphatic rings. The zero-order valence-corrected chi connectivity index (χ0v) is 18.0. The second-order valence-electron chi connectivity index (χ2n) is 9.30. The number of anilines is 2. The number of nitrogens with zero attached hydrogens (tertiary/aromatic N) is 5. The van der Waals surface area contributed by atoms with Gasteiger partial charge >= 0.3 is 0 Å². The van der Waals surface area contributed by atoms with Gasteiger partial charge in [0.05, 0.1) is 18.1 Å². The lowest BCUT2D eigenvalue weighted by atomic mass is 9.69. The van der Waals surface area contributed by atoms with Crippen LogP contribution in [0.5, 0.6) is 0 Å². The molecule has 5 rings (SSSR count). The average Bonchev–Trinajstić information content (AvgIpc) is 3.04. The molecule has 2 aromatic rings. The SMILES string of the molecule is CN(C)C1(c2ccccc2)CCC2(CC1)CN(c1cnc(N3CCC3)nc1)C(O)N2. The van der Waals surface area contributed by atoms with Crippen molar-refractivity contribution in [2.75, 3.05) is 43.5 Å². The highest BCUT2D eigenvalue weighted by Crippen LogP contribution is 2.46. The number of aliphatic hydroxyl groups excluding tert-OH is 1. The van der Waals surface area contributed by atoms with Crippen molar-refractivity contribution in [1.29, 1.82) is 0 Å². The fourth-order valence-corrected chi connectivity index (χ4v) is 5.37. The van der Waals surface area contributed by atoms with Crippen LogP contribution in [0.1, 0.15) is 37.7 Å². The van der Waals surface area contributed by atoms with Crippen molar-refractivity contribution in [3.8, 4) is 0 Å². The van der Waals surface area contributed by atoms with Gasteiger partial charge in [-0.25, -0.2) is 9.97 Å². The van der Waals surface area contributed by atoms with Gasteiger partial charge < -0.3 is 14.9 Å². The van der Waals surface area contributed by atoms with Crippen LogP contribution in [0.3, 0.4) is 0 Å². The first-order valence-corrected chi connectivity index (χ1v) is 11.0. The maximum absolute atomic E-state index is 10.8. The van der Waals surface area contributed by atoms with Crippen molar-refractivity contribution in [1.82, 2.24) is 20.2 Å². The number of rotatable bonds is 4. The molecule has 0 amide bonds. The number of aliphatic hydroxyl groups is 1. The summed E-state index contributed by atoms with van der Waals surface area (Å²) in [6, 6.07) is 10.8. The van der Waals surface area contributed by atoms with Gasteiger partial charge in [-0.3, -0.25) is 10.2 Å². The van der Waals surface area contributed by atoms with Gasteiger partial charge in [-0.2, -0.15) is 0 Å². The van der Waals surface area contributed by atoms with Crippen molar-refractivity contribution in [2.45, 2.75) is 49.5 Å². The van der Waals surface area contributed by atoms with Gasteiger partial charge in [0, 0.05) is 30.7 Å². The first kappa shape index (κ1) is 19.7. The third kappa shape index (κ3) is 3.25. The topological polar surface area (TPSA) is 67.8 Å². The number of hydrogen-bond acceptors (Lipinski definition) is 7. The van der Waals surface area contributed by atoms with E-state index in [0.717, 1.165) is 57.0 Å². The standard InChI is InChI=1S/C23H32N6O/c1-27(2)23(18-7-4-3-5-8-18)11-9-22(10-12-23)17-29(21(30)26-22)19-15-24-20(25-16-19)28-13-6-14-28/h3-5,7-8,15-16,21,26,30H,6,9-14,17H2,1-2H3. The Kier molecular flexibility index (Phi) is 4.92. The molecule has 2 aliphatic heterocycles. The van der Waals surface area contributed by atoms with E-state index in [2.05, 4.69) is 69.5 Å². The van der Waals surface area contributed by atoms with Gasteiger partial charge in [-0.05, 0) is 51.8 Å². The van der Waals surface area contributed by atoms with Crippen LogP contribution in [-0.2, 0) is 5.54 Å². The van der Waals surface area contributed by atoms with E-state index in [1.54, 1.807) is 0 Å². The van der Waals surface area contributed by atoms with Crippen LogP contribution in [0.25, 0.3) is 0 Å². The minimum Gasteiger partial charge on any atom is -0.361 e. The molecule has 1 saturated carbocycles. The van der Waals surface area contributed by atoms with Crippen molar-refractivity contribution < 1.29 is 5.11 Å². The van der Waals surface area contributed by atoms with Crippen LogP contribution >= 0.6 is 0 Å². The van der Waals surface area contributed by atoms with Crippen LogP contribution in [0, 0.1) is 0 Å². The lowest BCUT2D eigenvalue weighted by Crippen LogP contribution is -2.54. The second-order valence-corrected chi connectivity index (χ2v) is 9.30. The molecular formula is C23H32N6O. The number of nitrogens with one attached hydrogen (secondary N) is 1. The predicted octanol–water partition coefficient (Wildman–Crippen LogP) is 2.14. The van der Waals surface area contributed by atoms with Crippen molar-refractivity contribution >= 4 is 11.6 Å². The second kappa shape index (κ2) is 7.48. The first-order valence-electron chi connectivity index (χ1n) is 11.0. The van der Waals surface area contributed by atoms with E-state index >= 15 is 0 Å². The Balaban J connectivity index is 1.31. The molecule has 7 nitrogen and oxygen atoms in total. The Morgan fingerprint density at radius 3 is 2.27 bits per heavy atom. The molecule has 2 N–H and O–H groups in total. The largest absolute Gasteiger partial charge is 0.361 e. The van der Waals surface area contributed by atoms with E-state index in [1.165, 1.54) is 12.0 Å². The molecule has 1 atom stereocenters.